The number of aryl methyl sites for hydroxylation is 1. The summed E-state index contributed by atoms with van der Waals surface area (Å²) in [5.74, 6) is -0.241. The molecule has 1 aliphatic heterocycles. The summed E-state index contributed by atoms with van der Waals surface area (Å²) in [4.78, 5) is 41.0. The molecule has 12 heteroatoms. The van der Waals surface area contributed by atoms with Crippen LogP contribution in [-0.2, 0) is 6.42 Å². The second-order valence-corrected chi connectivity index (χ2v) is 11.0. The predicted molar refractivity (Wildman–Crippen MR) is 148 cm³/mol. The zero-order chi connectivity index (χ0) is 27.4. The second kappa shape index (κ2) is 9.40. The molecule has 0 radical (unpaired) electrons. The van der Waals surface area contributed by atoms with Crippen molar-refractivity contribution in [3.05, 3.63) is 133 Å². The number of non-ortho nitro benzene ring substituents is 2. The molecule has 1 N–H and O–H groups in total. The molecule has 194 valence electrons. The molecule has 0 saturated heterocycles. The third kappa shape index (κ3) is 4.17. The summed E-state index contributed by atoms with van der Waals surface area (Å²) >= 11 is 4.22. The van der Waals surface area contributed by atoms with Gasteiger partial charge in [-0.3, -0.25) is 29.6 Å². The van der Waals surface area contributed by atoms with Gasteiger partial charge in [-0.25, -0.2) is 4.99 Å². The molecule has 2 aliphatic rings. The van der Waals surface area contributed by atoms with E-state index in [-0.39, 0.29) is 31.7 Å². The summed E-state index contributed by atoms with van der Waals surface area (Å²) in [5, 5.41) is 33.5. The van der Waals surface area contributed by atoms with Crippen LogP contribution in [0.1, 0.15) is 34.7 Å². The van der Waals surface area contributed by atoms with Crippen LogP contribution in [0.15, 0.2) is 80.5 Å². The summed E-state index contributed by atoms with van der Waals surface area (Å²) in [7, 11) is 0. The van der Waals surface area contributed by atoms with Crippen molar-refractivity contribution in [2.45, 2.75) is 18.9 Å². The maximum Gasteiger partial charge on any atom is 0.271 e. The topological polar surface area (TPSA) is 141 Å². The number of rotatable bonds is 4. The number of phenols is 1. The number of aromatic nitrogens is 1. The lowest BCUT2D eigenvalue weighted by Crippen LogP contribution is -2.38. The van der Waals surface area contributed by atoms with Crippen molar-refractivity contribution in [3.63, 3.8) is 0 Å². The maximum atomic E-state index is 13.9. The number of nitro groups is 2. The second-order valence-electron chi connectivity index (χ2n) is 9.09. The van der Waals surface area contributed by atoms with Crippen LogP contribution in [0, 0.1) is 20.2 Å². The first kappa shape index (κ1) is 24.9. The van der Waals surface area contributed by atoms with E-state index in [1.807, 2.05) is 24.3 Å². The molecule has 39 heavy (non-hydrogen) atoms. The summed E-state index contributed by atoms with van der Waals surface area (Å²) in [6.07, 6.45) is 2.75. The number of thiazole rings is 1. The highest BCUT2D eigenvalue weighted by Gasteiger charge is 2.33. The number of hydrogen-bond acceptors (Lipinski definition) is 8. The Hall–Kier alpha value is -4.42. The van der Waals surface area contributed by atoms with Crippen LogP contribution < -0.4 is 14.9 Å². The molecule has 6 rings (SSSR count). The van der Waals surface area contributed by atoms with Crippen molar-refractivity contribution in [1.29, 1.82) is 0 Å². The van der Waals surface area contributed by atoms with Crippen molar-refractivity contribution in [2.75, 3.05) is 0 Å². The predicted octanol–water partition coefficient (Wildman–Crippen LogP) is 4.60. The minimum Gasteiger partial charge on any atom is -0.506 e. The first-order valence-electron chi connectivity index (χ1n) is 11.8. The van der Waals surface area contributed by atoms with E-state index >= 15 is 0 Å². The van der Waals surface area contributed by atoms with Crippen molar-refractivity contribution >= 4 is 50.4 Å². The molecular formula is C27H17BrN4O6S. The molecule has 1 aromatic heterocycles. The van der Waals surface area contributed by atoms with Crippen molar-refractivity contribution in [1.82, 2.24) is 4.57 Å². The Bertz CT molecular complexity index is 1940. The number of fused-ring (bicyclic) bond motifs is 3. The van der Waals surface area contributed by atoms with Crippen LogP contribution in [0.5, 0.6) is 5.75 Å². The quantitative estimate of drug-likeness (QED) is 0.266. The van der Waals surface area contributed by atoms with Crippen molar-refractivity contribution in [2.24, 2.45) is 4.99 Å². The highest BCUT2D eigenvalue weighted by Crippen LogP contribution is 2.41. The fourth-order valence-electron chi connectivity index (χ4n) is 5.09. The zero-order valence-corrected chi connectivity index (χ0v) is 22.3. The fraction of sp³-hybridized carbons (Fsp3) is 0.111. The summed E-state index contributed by atoms with van der Waals surface area (Å²) in [6.45, 7) is 0. The molecule has 3 aromatic carbocycles. The minimum atomic E-state index is -0.628. The van der Waals surface area contributed by atoms with Crippen LogP contribution in [0.3, 0.4) is 0 Å². The molecule has 4 aromatic rings. The van der Waals surface area contributed by atoms with E-state index in [1.165, 1.54) is 34.9 Å². The van der Waals surface area contributed by atoms with Gasteiger partial charge in [0.1, 0.15) is 5.75 Å². The number of nitrogens with zero attached hydrogens (tertiary/aromatic N) is 4. The number of benzene rings is 3. The lowest BCUT2D eigenvalue weighted by Gasteiger charge is -2.30. The number of hydrogen-bond donors (Lipinski definition) is 1. The third-order valence-electron chi connectivity index (χ3n) is 6.84. The molecule has 0 fully saturated rings. The Balaban J connectivity index is 1.63. The summed E-state index contributed by atoms with van der Waals surface area (Å²) < 4.78 is 1.85. The molecule has 1 aliphatic carbocycles. The van der Waals surface area contributed by atoms with Gasteiger partial charge >= 0.3 is 0 Å². The third-order valence-corrected chi connectivity index (χ3v) is 8.43. The number of aromatic hydroxyl groups is 1. The number of halogens is 1. The molecule has 1 atom stereocenters. The van der Waals surface area contributed by atoms with E-state index in [4.69, 9.17) is 4.99 Å². The maximum absolute atomic E-state index is 13.9. The summed E-state index contributed by atoms with van der Waals surface area (Å²) in [5.41, 5.74) is 3.63. The zero-order valence-electron chi connectivity index (χ0n) is 19.9. The van der Waals surface area contributed by atoms with E-state index in [0.717, 1.165) is 40.2 Å². The van der Waals surface area contributed by atoms with Gasteiger partial charge in [0.15, 0.2) is 4.80 Å². The number of allylic oxidation sites excluding steroid dienone is 1. The largest absolute Gasteiger partial charge is 0.506 e. The lowest BCUT2D eigenvalue weighted by molar-refractivity contribution is -0.385. The lowest BCUT2D eigenvalue weighted by atomic mass is 9.83. The molecular weight excluding hydrogens is 588 g/mol. The van der Waals surface area contributed by atoms with E-state index in [2.05, 4.69) is 15.9 Å². The first-order valence-corrected chi connectivity index (χ1v) is 13.4. The number of nitro benzene ring substituents is 2. The molecule has 0 bridgehead atoms. The van der Waals surface area contributed by atoms with Crippen LogP contribution in [-0.4, -0.2) is 19.5 Å². The Morgan fingerprint density at radius 1 is 1.03 bits per heavy atom. The molecule has 0 spiro atoms. The monoisotopic (exact) mass is 604 g/mol. The standard InChI is InChI=1S/C27H17BrN4O6S/c28-21-13-18(32(37)38)11-16(25(21)33)12-22-26(34)30-24(15-5-3-6-17(10-15)31(35)36)20-9-8-14-4-1-2-7-19(14)23(20)29-27(30)39-22/h1-7,10-13,24,33H,8-9H2. The van der Waals surface area contributed by atoms with Gasteiger partial charge in [0.25, 0.3) is 16.9 Å². The van der Waals surface area contributed by atoms with Gasteiger partial charge in [0, 0.05) is 35.4 Å². The average Bonchev–Trinajstić information content (AvgIpc) is 3.24. The molecule has 0 amide bonds. The first-order chi connectivity index (χ1) is 18.7. The molecule has 1 unspecified atom stereocenters. The van der Waals surface area contributed by atoms with Gasteiger partial charge in [0.05, 0.1) is 30.6 Å². The van der Waals surface area contributed by atoms with Crippen molar-refractivity contribution in [3.8, 4) is 5.75 Å². The van der Waals surface area contributed by atoms with Crippen LogP contribution in [0.25, 0.3) is 11.8 Å². The van der Waals surface area contributed by atoms with E-state index in [0.29, 0.717) is 16.8 Å². The highest BCUT2D eigenvalue weighted by molar-refractivity contribution is 9.10. The van der Waals surface area contributed by atoms with Crippen LogP contribution in [0.2, 0.25) is 0 Å². The van der Waals surface area contributed by atoms with E-state index in [1.54, 1.807) is 12.1 Å². The average molecular weight is 605 g/mol. The Morgan fingerprint density at radius 3 is 2.56 bits per heavy atom. The molecule has 0 saturated carbocycles. The Morgan fingerprint density at radius 2 is 1.79 bits per heavy atom. The van der Waals surface area contributed by atoms with Gasteiger partial charge in [-0.1, -0.05) is 47.7 Å². The van der Waals surface area contributed by atoms with Crippen LogP contribution >= 0.6 is 27.3 Å². The van der Waals surface area contributed by atoms with Gasteiger partial charge in [0.2, 0.25) is 0 Å². The van der Waals surface area contributed by atoms with Crippen molar-refractivity contribution < 1.29 is 15.0 Å². The van der Waals surface area contributed by atoms with E-state index < -0.39 is 21.4 Å². The normalized spacial score (nSPS) is 16.2. The fourth-order valence-corrected chi connectivity index (χ4v) is 6.55. The minimum absolute atomic E-state index is 0.0867. The molecule has 2 heterocycles. The van der Waals surface area contributed by atoms with E-state index in [9.17, 15) is 30.1 Å². The van der Waals surface area contributed by atoms with Gasteiger partial charge in [-0.15, -0.1) is 0 Å². The Kier molecular flexibility index (Phi) is 6.00. The SMILES string of the molecule is O=c1c(=Cc2cc([N+](=O)[O-])cc(Br)c2O)sc2n1C(c1cccc([N+](=O)[O-])c1)C1=C(N=2)c2ccccc2CC1. The summed E-state index contributed by atoms with van der Waals surface area (Å²) in [6, 6.07) is 15.9. The molecule has 10 nitrogen and oxygen atoms in total. The van der Waals surface area contributed by atoms with Gasteiger partial charge < -0.3 is 5.11 Å². The van der Waals surface area contributed by atoms with Gasteiger partial charge in [-0.2, -0.15) is 0 Å². The Labute approximate surface area is 231 Å². The smallest absolute Gasteiger partial charge is 0.271 e. The number of phenolic OH excluding ortho intramolecular Hbond substituents is 1. The highest BCUT2D eigenvalue weighted by atomic mass is 79.9. The van der Waals surface area contributed by atoms with Gasteiger partial charge in [-0.05, 0) is 51.5 Å². The van der Waals surface area contributed by atoms with Crippen LogP contribution in [0.4, 0.5) is 11.4 Å².